The summed E-state index contributed by atoms with van der Waals surface area (Å²) in [6.07, 6.45) is 1.25. The van der Waals surface area contributed by atoms with Crippen molar-refractivity contribution in [3.63, 3.8) is 0 Å². The second-order valence-corrected chi connectivity index (χ2v) is 2.15. The Morgan fingerprint density at radius 2 is 1.00 bits per heavy atom. The van der Waals surface area contributed by atoms with Gasteiger partial charge in [0.25, 0.3) is 0 Å². The third-order valence-electron chi connectivity index (χ3n) is 0. The first-order valence-corrected chi connectivity index (χ1v) is 3.82. The average molecular weight is 160 g/mol. The number of halogens is 1. The standard InChI is InChI=1S/C3H8.FO3Si.3Li/c1-3-2;1-5(2,3)4;;;/h3H2,1-2H3;;;;/q;-3;3*+1. The van der Waals surface area contributed by atoms with Gasteiger partial charge in [-0.05, 0) is 0 Å². The number of hydrogen-bond donors (Lipinski definition) is 0. The van der Waals surface area contributed by atoms with Gasteiger partial charge < -0.3 is 18.5 Å². The van der Waals surface area contributed by atoms with E-state index in [4.69, 9.17) is 14.4 Å². The molecule has 0 radical (unpaired) electrons. The Hall–Kier alpha value is 1.82. The van der Waals surface area contributed by atoms with E-state index in [0.717, 1.165) is 0 Å². The molecule has 0 fully saturated rings. The van der Waals surface area contributed by atoms with E-state index < -0.39 is 9.14 Å². The van der Waals surface area contributed by atoms with E-state index in [0.29, 0.717) is 0 Å². The fourth-order valence-corrected chi connectivity index (χ4v) is 0. The van der Waals surface area contributed by atoms with E-state index in [1.807, 2.05) is 0 Å². The maximum absolute atomic E-state index is 10.2. The van der Waals surface area contributed by atoms with Crippen LogP contribution in [0, 0.1) is 0 Å². The summed E-state index contributed by atoms with van der Waals surface area (Å²) in [6, 6.07) is 0. The zero-order valence-electron chi connectivity index (χ0n) is 7.81. The van der Waals surface area contributed by atoms with Crippen molar-refractivity contribution in [2.24, 2.45) is 0 Å². The molecule has 0 amide bonds. The summed E-state index contributed by atoms with van der Waals surface area (Å²) >= 11 is 0. The molecule has 0 atom stereocenters. The Morgan fingerprint density at radius 3 is 1.00 bits per heavy atom. The molecule has 0 aromatic carbocycles. The van der Waals surface area contributed by atoms with Crippen LogP contribution in [-0.4, -0.2) is 9.14 Å². The molecule has 0 unspecified atom stereocenters. The van der Waals surface area contributed by atoms with Crippen LogP contribution in [0.4, 0.5) is 4.11 Å². The Labute approximate surface area is 104 Å². The molecule has 52 valence electrons. The van der Waals surface area contributed by atoms with Crippen LogP contribution in [0.2, 0.25) is 0 Å². The molecule has 0 N–H and O–H groups in total. The van der Waals surface area contributed by atoms with Gasteiger partial charge in [-0.3, -0.25) is 0 Å². The molecule has 0 aliphatic heterocycles. The third-order valence-corrected chi connectivity index (χ3v) is 0. The van der Waals surface area contributed by atoms with Crippen LogP contribution in [0.15, 0.2) is 0 Å². The van der Waals surface area contributed by atoms with Crippen molar-refractivity contribution >= 4 is 9.14 Å². The van der Waals surface area contributed by atoms with Gasteiger partial charge in [0.1, 0.15) is 0 Å². The van der Waals surface area contributed by atoms with Gasteiger partial charge in [-0.1, -0.05) is 29.4 Å². The minimum atomic E-state index is -5.86. The van der Waals surface area contributed by atoms with Gasteiger partial charge in [-0.2, -0.15) is 0 Å². The van der Waals surface area contributed by atoms with Crippen LogP contribution < -0.4 is 71.0 Å². The molecule has 0 saturated carbocycles. The van der Waals surface area contributed by atoms with E-state index in [1.54, 1.807) is 0 Å². The molecular weight excluding hydrogens is 152 g/mol. The van der Waals surface area contributed by atoms with Gasteiger partial charge in [-0.15, -0.1) is 0 Å². The predicted octanol–water partition coefficient (Wildman–Crippen LogP) is -11.1. The van der Waals surface area contributed by atoms with Crippen LogP contribution in [0.3, 0.4) is 0 Å². The summed E-state index contributed by atoms with van der Waals surface area (Å²) in [4.78, 5) is 25.4. The van der Waals surface area contributed by atoms with Crippen LogP contribution in [0.1, 0.15) is 20.3 Å². The van der Waals surface area contributed by atoms with Crippen molar-refractivity contribution in [1.29, 1.82) is 0 Å². The molecule has 0 aliphatic carbocycles. The molecule has 0 heterocycles. The van der Waals surface area contributed by atoms with Gasteiger partial charge in [-0.25, -0.2) is 0 Å². The summed E-state index contributed by atoms with van der Waals surface area (Å²) < 4.78 is 10.2. The average Bonchev–Trinajstić information content (AvgIpc) is 1.27. The zero-order chi connectivity index (χ0) is 7.21. The largest absolute Gasteiger partial charge is 1.00 e. The monoisotopic (exact) mass is 160 g/mol. The SMILES string of the molecule is CCC.[Li+].[Li+].[Li+].[O-][Si]([O-])([O-])F. The Morgan fingerprint density at radius 1 is 1.00 bits per heavy atom. The molecule has 0 aromatic rings. The molecule has 8 heteroatoms. The van der Waals surface area contributed by atoms with E-state index in [9.17, 15) is 4.11 Å². The second kappa shape index (κ2) is 17.8. The second-order valence-electron chi connectivity index (χ2n) is 1.19. The van der Waals surface area contributed by atoms with E-state index in [-0.39, 0.29) is 56.6 Å². The first-order valence-electron chi connectivity index (χ1n) is 2.22. The van der Waals surface area contributed by atoms with E-state index in [2.05, 4.69) is 13.8 Å². The van der Waals surface area contributed by atoms with Crippen molar-refractivity contribution in [2.45, 2.75) is 20.3 Å². The van der Waals surface area contributed by atoms with Crippen molar-refractivity contribution in [2.75, 3.05) is 0 Å². The van der Waals surface area contributed by atoms with Crippen LogP contribution in [-0.2, 0) is 0 Å². The Kier molecular flexibility index (Phi) is 47.4. The smallest absolute Gasteiger partial charge is 0.857 e. The van der Waals surface area contributed by atoms with Crippen molar-refractivity contribution in [3.05, 3.63) is 0 Å². The van der Waals surface area contributed by atoms with Gasteiger partial charge in [0.05, 0.1) is 0 Å². The Bertz CT molecular complexity index is 47.6. The maximum atomic E-state index is 10.2. The van der Waals surface area contributed by atoms with Crippen LogP contribution in [0.25, 0.3) is 0 Å². The number of rotatable bonds is 0. The van der Waals surface area contributed by atoms with Crippen molar-refractivity contribution in [3.8, 4) is 0 Å². The van der Waals surface area contributed by atoms with Crippen LogP contribution in [0.5, 0.6) is 0 Å². The topological polar surface area (TPSA) is 69.2 Å². The van der Waals surface area contributed by atoms with Crippen molar-refractivity contribution < 1.29 is 75.1 Å². The van der Waals surface area contributed by atoms with Gasteiger partial charge >= 0.3 is 56.6 Å². The fraction of sp³-hybridized carbons (Fsp3) is 1.00. The minimum Gasteiger partial charge on any atom is -0.857 e. The van der Waals surface area contributed by atoms with Gasteiger partial charge in [0.2, 0.25) is 0 Å². The third kappa shape index (κ3) is 344. The molecule has 11 heavy (non-hydrogen) atoms. The predicted molar refractivity (Wildman–Crippen MR) is 22.8 cm³/mol. The molecular formula is C3H8FLi3O3Si. The summed E-state index contributed by atoms with van der Waals surface area (Å²) in [7, 11) is -5.86. The molecule has 0 spiro atoms. The number of hydrogen-bond acceptors (Lipinski definition) is 3. The molecule has 0 aliphatic rings. The Balaban J connectivity index is -0.0000000183. The summed E-state index contributed by atoms with van der Waals surface area (Å²) in [6.45, 7) is 4.25. The molecule has 0 bridgehead atoms. The first-order chi connectivity index (χ1) is 3.41. The van der Waals surface area contributed by atoms with Gasteiger partial charge in [0, 0.05) is 0 Å². The summed E-state index contributed by atoms with van der Waals surface area (Å²) in [5, 5.41) is 0. The minimum absolute atomic E-state index is 0. The molecule has 0 saturated heterocycles. The zero-order valence-corrected chi connectivity index (χ0v) is 8.81. The molecule has 0 aromatic heterocycles. The van der Waals surface area contributed by atoms with Gasteiger partial charge in [0.15, 0.2) is 0 Å². The summed E-state index contributed by atoms with van der Waals surface area (Å²) in [5.74, 6) is 0. The van der Waals surface area contributed by atoms with Crippen LogP contribution >= 0.6 is 0 Å². The normalized spacial score (nSPS) is 7.09. The van der Waals surface area contributed by atoms with Crippen molar-refractivity contribution in [1.82, 2.24) is 0 Å². The quantitative estimate of drug-likeness (QED) is 0.261. The molecule has 3 nitrogen and oxygen atoms in total. The summed E-state index contributed by atoms with van der Waals surface area (Å²) in [5.41, 5.74) is 0. The fourth-order valence-electron chi connectivity index (χ4n) is 0. The van der Waals surface area contributed by atoms with E-state index in [1.165, 1.54) is 6.42 Å². The maximum Gasteiger partial charge on any atom is 1.00 e. The molecule has 0 rings (SSSR count). The van der Waals surface area contributed by atoms with E-state index >= 15 is 0 Å². The first kappa shape index (κ1) is 29.3.